The first kappa shape index (κ1) is 11.0. The summed E-state index contributed by atoms with van der Waals surface area (Å²) in [6, 6.07) is 2.96. The predicted octanol–water partition coefficient (Wildman–Crippen LogP) is 2.91. The number of hydrogen-bond donors (Lipinski definition) is 1. The molecule has 0 fully saturated rings. The zero-order valence-corrected chi connectivity index (χ0v) is 9.94. The van der Waals surface area contributed by atoms with Crippen LogP contribution in [0.1, 0.15) is 15.6 Å². The SMILES string of the molecule is Cc1nc(C)c(CNc2ncccc2F)s1. The van der Waals surface area contributed by atoms with E-state index in [1.165, 1.54) is 6.07 Å². The summed E-state index contributed by atoms with van der Waals surface area (Å²) in [5.41, 5.74) is 0.992. The maximum Gasteiger partial charge on any atom is 0.165 e. The second kappa shape index (κ2) is 4.57. The highest BCUT2D eigenvalue weighted by molar-refractivity contribution is 7.11. The van der Waals surface area contributed by atoms with Gasteiger partial charge in [-0.2, -0.15) is 0 Å². The average Bonchev–Trinajstić information content (AvgIpc) is 2.56. The number of anilines is 1. The molecule has 2 rings (SSSR count). The fraction of sp³-hybridized carbons (Fsp3) is 0.273. The lowest BCUT2D eigenvalue weighted by molar-refractivity contribution is 0.624. The van der Waals surface area contributed by atoms with E-state index in [9.17, 15) is 4.39 Å². The molecule has 0 atom stereocenters. The van der Waals surface area contributed by atoms with Crippen molar-refractivity contribution in [3.63, 3.8) is 0 Å². The van der Waals surface area contributed by atoms with Gasteiger partial charge in [-0.05, 0) is 26.0 Å². The maximum atomic E-state index is 13.3. The van der Waals surface area contributed by atoms with Gasteiger partial charge in [-0.15, -0.1) is 11.3 Å². The molecule has 1 N–H and O–H groups in total. The fourth-order valence-corrected chi connectivity index (χ4v) is 2.29. The molecular weight excluding hydrogens is 225 g/mol. The minimum atomic E-state index is -0.332. The molecule has 0 spiro atoms. The molecule has 0 aromatic carbocycles. The predicted molar refractivity (Wildman–Crippen MR) is 63.1 cm³/mol. The molecule has 2 heterocycles. The smallest absolute Gasteiger partial charge is 0.165 e. The lowest BCUT2D eigenvalue weighted by Crippen LogP contribution is -2.02. The number of rotatable bonds is 3. The third-order valence-corrected chi connectivity index (χ3v) is 3.25. The molecule has 0 bridgehead atoms. The number of halogens is 1. The summed E-state index contributed by atoms with van der Waals surface area (Å²) in [6.45, 7) is 4.48. The molecule has 0 saturated heterocycles. The van der Waals surface area contributed by atoms with Crippen LogP contribution in [-0.2, 0) is 6.54 Å². The standard InChI is InChI=1S/C11H12FN3S/c1-7-10(16-8(2)15-7)6-14-11-9(12)4-3-5-13-11/h3-5H,6H2,1-2H3,(H,13,14). The van der Waals surface area contributed by atoms with Gasteiger partial charge in [0.05, 0.1) is 17.2 Å². The molecule has 0 saturated carbocycles. The molecule has 84 valence electrons. The normalized spacial score (nSPS) is 10.4. The lowest BCUT2D eigenvalue weighted by Gasteiger charge is -2.04. The molecule has 0 radical (unpaired) electrons. The molecule has 16 heavy (non-hydrogen) atoms. The van der Waals surface area contributed by atoms with E-state index in [1.54, 1.807) is 23.6 Å². The van der Waals surface area contributed by atoms with Crippen molar-refractivity contribution in [3.8, 4) is 0 Å². The van der Waals surface area contributed by atoms with E-state index < -0.39 is 0 Å². The van der Waals surface area contributed by atoms with Crippen LogP contribution >= 0.6 is 11.3 Å². The lowest BCUT2D eigenvalue weighted by atomic mass is 10.4. The Balaban J connectivity index is 2.08. The summed E-state index contributed by atoms with van der Waals surface area (Å²) in [5.74, 6) is -0.0469. The number of nitrogens with zero attached hydrogens (tertiary/aromatic N) is 2. The second-order valence-corrected chi connectivity index (χ2v) is 4.72. The minimum Gasteiger partial charge on any atom is -0.363 e. The van der Waals surface area contributed by atoms with Gasteiger partial charge in [-0.25, -0.2) is 14.4 Å². The molecule has 0 aliphatic carbocycles. The molecule has 0 amide bonds. The molecule has 2 aromatic heterocycles. The first-order valence-corrected chi connectivity index (χ1v) is 5.76. The highest BCUT2D eigenvalue weighted by Crippen LogP contribution is 2.19. The summed E-state index contributed by atoms with van der Waals surface area (Å²) in [6.07, 6.45) is 1.57. The molecular formula is C11H12FN3S. The number of pyridine rings is 1. The summed E-state index contributed by atoms with van der Waals surface area (Å²) >= 11 is 1.62. The average molecular weight is 237 g/mol. The first-order valence-electron chi connectivity index (χ1n) is 4.94. The summed E-state index contributed by atoms with van der Waals surface area (Å²) in [7, 11) is 0. The van der Waals surface area contributed by atoms with Gasteiger partial charge in [-0.3, -0.25) is 0 Å². The number of aromatic nitrogens is 2. The molecule has 0 aliphatic heterocycles. The van der Waals surface area contributed by atoms with Crippen molar-refractivity contribution in [1.29, 1.82) is 0 Å². The Morgan fingerprint density at radius 2 is 2.25 bits per heavy atom. The Morgan fingerprint density at radius 3 is 2.88 bits per heavy atom. The van der Waals surface area contributed by atoms with Gasteiger partial charge in [-0.1, -0.05) is 0 Å². The van der Waals surface area contributed by atoms with Gasteiger partial charge in [0.1, 0.15) is 0 Å². The van der Waals surface area contributed by atoms with Gasteiger partial charge in [0.15, 0.2) is 11.6 Å². The molecule has 2 aromatic rings. The quantitative estimate of drug-likeness (QED) is 0.892. The summed E-state index contributed by atoms with van der Waals surface area (Å²) in [4.78, 5) is 9.35. The zero-order chi connectivity index (χ0) is 11.5. The molecule has 3 nitrogen and oxygen atoms in total. The van der Waals surface area contributed by atoms with Gasteiger partial charge >= 0.3 is 0 Å². The van der Waals surface area contributed by atoms with Crippen LogP contribution in [0.15, 0.2) is 18.3 Å². The topological polar surface area (TPSA) is 37.8 Å². The van der Waals surface area contributed by atoms with Crippen LogP contribution in [0.5, 0.6) is 0 Å². The van der Waals surface area contributed by atoms with E-state index in [0.717, 1.165) is 15.6 Å². The van der Waals surface area contributed by atoms with E-state index in [4.69, 9.17) is 0 Å². The highest BCUT2D eigenvalue weighted by atomic mass is 32.1. The second-order valence-electron chi connectivity index (χ2n) is 3.43. The van der Waals surface area contributed by atoms with Crippen LogP contribution in [0, 0.1) is 19.7 Å². The number of aryl methyl sites for hydroxylation is 2. The van der Waals surface area contributed by atoms with Crippen molar-refractivity contribution >= 4 is 17.2 Å². The summed E-state index contributed by atoms with van der Waals surface area (Å²) < 4.78 is 13.3. The number of thiazole rings is 1. The Hall–Kier alpha value is -1.49. The molecule has 0 aliphatic rings. The van der Waals surface area contributed by atoms with Crippen molar-refractivity contribution in [3.05, 3.63) is 39.7 Å². The van der Waals surface area contributed by atoms with Crippen LogP contribution < -0.4 is 5.32 Å². The van der Waals surface area contributed by atoms with Crippen molar-refractivity contribution in [2.75, 3.05) is 5.32 Å². The Bertz CT molecular complexity index is 496. The van der Waals surface area contributed by atoms with E-state index in [2.05, 4.69) is 15.3 Å². The van der Waals surface area contributed by atoms with Crippen LogP contribution in [0.4, 0.5) is 10.2 Å². The Kier molecular flexibility index (Phi) is 3.14. The van der Waals surface area contributed by atoms with E-state index in [1.807, 2.05) is 13.8 Å². The van der Waals surface area contributed by atoms with E-state index >= 15 is 0 Å². The van der Waals surface area contributed by atoms with E-state index in [0.29, 0.717) is 6.54 Å². The van der Waals surface area contributed by atoms with Gasteiger partial charge < -0.3 is 5.32 Å². The maximum absolute atomic E-state index is 13.3. The molecule has 5 heteroatoms. The fourth-order valence-electron chi connectivity index (χ4n) is 1.42. The van der Waals surface area contributed by atoms with Gasteiger partial charge in [0.2, 0.25) is 0 Å². The number of hydrogen-bond acceptors (Lipinski definition) is 4. The van der Waals surface area contributed by atoms with Crippen LogP contribution in [0.2, 0.25) is 0 Å². The first-order chi connectivity index (χ1) is 7.66. The van der Waals surface area contributed by atoms with Crippen molar-refractivity contribution < 1.29 is 4.39 Å². The molecule has 0 unspecified atom stereocenters. The Labute approximate surface area is 97.4 Å². The van der Waals surface area contributed by atoms with Gasteiger partial charge in [0.25, 0.3) is 0 Å². The van der Waals surface area contributed by atoms with Crippen LogP contribution in [0.25, 0.3) is 0 Å². The van der Waals surface area contributed by atoms with Crippen LogP contribution in [-0.4, -0.2) is 9.97 Å². The van der Waals surface area contributed by atoms with E-state index in [-0.39, 0.29) is 11.6 Å². The van der Waals surface area contributed by atoms with Gasteiger partial charge in [0, 0.05) is 11.1 Å². The third kappa shape index (κ3) is 2.36. The van der Waals surface area contributed by atoms with Crippen LogP contribution in [0.3, 0.4) is 0 Å². The monoisotopic (exact) mass is 237 g/mol. The number of nitrogens with one attached hydrogen (secondary N) is 1. The highest BCUT2D eigenvalue weighted by Gasteiger charge is 2.06. The zero-order valence-electron chi connectivity index (χ0n) is 9.12. The van der Waals surface area contributed by atoms with Crippen molar-refractivity contribution in [1.82, 2.24) is 9.97 Å². The van der Waals surface area contributed by atoms with Crippen molar-refractivity contribution in [2.24, 2.45) is 0 Å². The minimum absolute atomic E-state index is 0.285. The third-order valence-electron chi connectivity index (χ3n) is 2.17. The largest absolute Gasteiger partial charge is 0.363 e. The summed E-state index contributed by atoms with van der Waals surface area (Å²) in [5, 5.41) is 3.99. The Morgan fingerprint density at radius 1 is 1.44 bits per heavy atom. The van der Waals surface area contributed by atoms with Crippen molar-refractivity contribution in [2.45, 2.75) is 20.4 Å².